The number of ether oxygens (including phenoxy) is 2. The smallest absolute Gasteiger partial charge is 0.462 e. The zero-order valence-corrected chi connectivity index (χ0v) is 56.3. The lowest BCUT2D eigenvalue weighted by atomic mass is 10.0. The van der Waals surface area contributed by atoms with Gasteiger partial charge in [-0.3, -0.25) is 18.6 Å². The molecule has 2 unspecified atom stereocenters. The van der Waals surface area contributed by atoms with Crippen LogP contribution in [0, 0.1) is 0 Å². The van der Waals surface area contributed by atoms with E-state index >= 15 is 0 Å². The minimum atomic E-state index is -4.39. The Labute approximate surface area is 515 Å². The first-order valence-corrected chi connectivity index (χ1v) is 37.0. The van der Waals surface area contributed by atoms with Gasteiger partial charge in [-0.2, -0.15) is 0 Å². The van der Waals surface area contributed by atoms with Crippen molar-refractivity contribution in [3.8, 4) is 0 Å². The van der Waals surface area contributed by atoms with Crippen molar-refractivity contribution >= 4 is 19.8 Å². The molecule has 486 valence electrons. The number of esters is 2. The van der Waals surface area contributed by atoms with E-state index in [4.69, 9.17) is 18.5 Å². The second-order valence-corrected chi connectivity index (χ2v) is 26.7. The molecule has 0 fully saturated rings. The molecule has 0 spiro atoms. The lowest BCUT2D eigenvalue weighted by molar-refractivity contribution is -0.870. The van der Waals surface area contributed by atoms with E-state index in [0.717, 1.165) is 64.2 Å². The number of nitrogens with zero attached hydrogens (tertiary/aromatic N) is 1. The normalized spacial score (nSPS) is 13.5. The predicted molar refractivity (Wildman–Crippen MR) is 358 cm³/mol. The SMILES string of the molecule is CC/C=C\C/C=C\C/C=C\C/C=C\C/C=C\CCCCCCCCCCCCCCCCCCCCCC(=O)OC(COC(=O)CCCCCCCCCCCCCCCCCCCCCCCCCC)COP(=O)(O)OCC[N+](C)(C)C. The largest absolute Gasteiger partial charge is 0.472 e. The fourth-order valence-corrected chi connectivity index (χ4v) is 11.1. The number of hydrogen-bond acceptors (Lipinski definition) is 7. The van der Waals surface area contributed by atoms with Crippen molar-refractivity contribution in [1.29, 1.82) is 0 Å². The van der Waals surface area contributed by atoms with Crippen LogP contribution in [0.4, 0.5) is 0 Å². The molecule has 0 amide bonds. The first kappa shape index (κ1) is 80.7. The van der Waals surface area contributed by atoms with Gasteiger partial charge >= 0.3 is 19.8 Å². The van der Waals surface area contributed by atoms with Gasteiger partial charge in [-0.25, -0.2) is 4.57 Å². The third kappa shape index (κ3) is 68.7. The van der Waals surface area contributed by atoms with Crippen LogP contribution in [0.3, 0.4) is 0 Å². The van der Waals surface area contributed by atoms with Crippen molar-refractivity contribution < 1.29 is 42.1 Å². The lowest BCUT2D eigenvalue weighted by Crippen LogP contribution is -2.37. The van der Waals surface area contributed by atoms with Crippen LogP contribution in [0.25, 0.3) is 0 Å². The number of phosphoric acid groups is 1. The fraction of sp³-hybridized carbons (Fsp3) is 0.836. The maximum Gasteiger partial charge on any atom is 0.472 e. The highest BCUT2D eigenvalue weighted by Gasteiger charge is 2.27. The third-order valence-corrected chi connectivity index (χ3v) is 16.8. The Bertz CT molecular complexity index is 1580. The number of quaternary nitrogens is 1. The zero-order valence-electron chi connectivity index (χ0n) is 55.4. The van der Waals surface area contributed by atoms with E-state index in [9.17, 15) is 19.0 Å². The van der Waals surface area contributed by atoms with Crippen molar-refractivity contribution in [2.24, 2.45) is 0 Å². The summed E-state index contributed by atoms with van der Waals surface area (Å²) in [7, 11) is 1.49. The van der Waals surface area contributed by atoms with E-state index in [1.807, 2.05) is 21.1 Å². The molecule has 0 aromatic carbocycles. The first-order chi connectivity index (χ1) is 40.5. The summed E-state index contributed by atoms with van der Waals surface area (Å²) in [5.41, 5.74) is 0. The van der Waals surface area contributed by atoms with Crippen LogP contribution >= 0.6 is 7.82 Å². The van der Waals surface area contributed by atoms with Crippen LogP contribution in [-0.4, -0.2) is 74.9 Å². The Morgan fingerprint density at radius 1 is 0.386 bits per heavy atom. The third-order valence-electron chi connectivity index (χ3n) is 15.8. The maximum atomic E-state index is 12.9. The molecule has 0 radical (unpaired) electrons. The molecule has 0 saturated carbocycles. The number of unbranched alkanes of at least 4 members (excludes halogenated alkanes) is 42. The van der Waals surface area contributed by atoms with Gasteiger partial charge in [0.05, 0.1) is 27.7 Å². The molecule has 2 atom stereocenters. The molecular weight excluding hydrogens is 1050 g/mol. The maximum absolute atomic E-state index is 12.9. The minimum absolute atomic E-state index is 0.0338. The van der Waals surface area contributed by atoms with Crippen molar-refractivity contribution in [3.05, 3.63) is 60.8 Å². The Morgan fingerprint density at radius 3 is 1.02 bits per heavy atom. The standard InChI is InChI=1S/C73H136NO8P/c1-6-8-10-12-14-16-18-20-22-24-26-28-30-32-33-34-35-36-37-38-39-40-41-42-44-46-48-50-52-54-56-58-60-62-64-66-73(76)82-71(70-81-83(77,78)80-68-67-74(3,4)5)69-79-72(75)65-63-61-59-57-55-53-51-49-47-45-43-31-29-27-25-23-21-19-17-15-13-11-9-7-2/h8,10,14,16,20,22,26,28,32-33,71H,6-7,9,11-13,15,17-19,21,23-25,27,29-31,34-70H2,1-5H3/p+1/b10-8-,16-14-,22-20-,28-26-,33-32-. The van der Waals surface area contributed by atoms with E-state index < -0.39 is 26.5 Å². The molecule has 0 aromatic rings. The average molecular weight is 1190 g/mol. The van der Waals surface area contributed by atoms with Gasteiger partial charge in [-0.1, -0.05) is 331 Å². The van der Waals surface area contributed by atoms with E-state index in [1.165, 1.54) is 244 Å². The van der Waals surface area contributed by atoms with E-state index in [2.05, 4.69) is 74.6 Å². The van der Waals surface area contributed by atoms with Gasteiger partial charge in [0.1, 0.15) is 19.8 Å². The molecule has 0 bridgehead atoms. The molecule has 0 rings (SSSR count). The molecule has 0 aliphatic carbocycles. The Morgan fingerprint density at radius 2 is 0.687 bits per heavy atom. The number of phosphoric ester groups is 1. The van der Waals surface area contributed by atoms with Gasteiger partial charge in [0, 0.05) is 12.8 Å². The monoisotopic (exact) mass is 1190 g/mol. The summed E-state index contributed by atoms with van der Waals surface area (Å²) in [5.74, 6) is -0.777. The molecule has 9 nitrogen and oxygen atoms in total. The molecule has 0 aliphatic heterocycles. The van der Waals surface area contributed by atoms with Crippen LogP contribution in [0.1, 0.15) is 341 Å². The molecular formula is C73H137NO8P+. The summed E-state index contributed by atoms with van der Waals surface area (Å²) >= 11 is 0. The highest BCUT2D eigenvalue weighted by molar-refractivity contribution is 7.47. The highest BCUT2D eigenvalue weighted by atomic mass is 31.2. The Balaban J connectivity index is 3.98. The summed E-state index contributed by atoms with van der Waals surface area (Å²) in [4.78, 5) is 35.9. The van der Waals surface area contributed by atoms with Gasteiger partial charge in [0.2, 0.25) is 0 Å². The summed E-state index contributed by atoms with van der Waals surface area (Å²) < 4.78 is 34.7. The van der Waals surface area contributed by atoms with Crippen molar-refractivity contribution in [3.63, 3.8) is 0 Å². The van der Waals surface area contributed by atoms with Gasteiger partial charge in [0.25, 0.3) is 0 Å². The van der Waals surface area contributed by atoms with Crippen molar-refractivity contribution in [2.45, 2.75) is 347 Å². The quantitative estimate of drug-likeness (QED) is 0.0211. The van der Waals surface area contributed by atoms with Crippen molar-refractivity contribution in [1.82, 2.24) is 0 Å². The second kappa shape index (κ2) is 64.2. The number of carbonyl (C=O) groups is 2. The van der Waals surface area contributed by atoms with Gasteiger partial charge in [0.15, 0.2) is 6.10 Å². The number of rotatable bonds is 66. The molecule has 0 aliphatic rings. The fourth-order valence-electron chi connectivity index (χ4n) is 10.4. The van der Waals surface area contributed by atoms with E-state index in [1.54, 1.807) is 0 Å². The molecule has 0 heterocycles. The lowest BCUT2D eigenvalue weighted by Gasteiger charge is -2.24. The molecule has 0 saturated heterocycles. The average Bonchev–Trinajstić information content (AvgIpc) is 3.49. The topological polar surface area (TPSA) is 108 Å². The van der Waals surface area contributed by atoms with Gasteiger partial charge in [-0.05, 0) is 57.8 Å². The van der Waals surface area contributed by atoms with Crippen molar-refractivity contribution in [2.75, 3.05) is 47.5 Å². The molecule has 0 aromatic heterocycles. The van der Waals surface area contributed by atoms with Crippen LogP contribution in [0.2, 0.25) is 0 Å². The number of hydrogen-bond donors (Lipinski definition) is 1. The second-order valence-electron chi connectivity index (χ2n) is 25.3. The minimum Gasteiger partial charge on any atom is -0.462 e. The summed E-state index contributed by atoms with van der Waals surface area (Å²) in [5, 5.41) is 0. The number of allylic oxidation sites excluding steroid dienone is 10. The Hall–Kier alpha value is -2.29. The van der Waals surface area contributed by atoms with Crippen LogP contribution in [0.5, 0.6) is 0 Å². The van der Waals surface area contributed by atoms with Crippen LogP contribution < -0.4 is 0 Å². The molecule has 83 heavy (non-hydrogen) atoms. The number of carbonyl (C=O) groups excluding carboxylic acids is 2. The summed E-state index contributed by atoms with van der Waals surface area (Å²) in [6, 6.07) is 0. The molecule has 10 heteroatoms. The summed E-state index contributed by atoms with van der Waals surface area (Å²) in [6.07, 6.45) is 84.7. The zero-order chi connectivity index (χ0) is 60.5. The van der Waals surface area contributed by atoms with E-state index in [0.29, 0.717) is 23.9 Å². The van der Waals surface area contributed by atoms with Crippen LogP contribution in [-0.2, 0) is 32.7 Å². The highest BCUT2D eigenvalue weighted by Crippen LogP contribution is 2.43. The number of likely N-dealkylation sites (N-methyl/N-ethyl adjacent to an activating group) is 1. The predicted octanol–water partition coefficient (Wildman–Crippen LogP) is 23.0. The Kier molecular flexibility index (Phi) is 62.4. The first-order valence-electron chi connectivity index (χ1n) is 35.5. The van der Waals surface area contributed by atoms with Gasteiger partial charge in [-0.15, -0.1) is 0 Å². The van der Waals surface area contributed by atoms with E-state index in [-0.39, 0.29) is 25.6 Å². The summed E-state index contributed by atoms with van der Waals surface area (Å²) in [6.45, 7) is 4.38. The molecule has 1 N–H and O–H groups in total. The van der Waals surface area contributed by atoms with Gasteiger partial charge < -0.3 is 18.9 Å². The van der Waals surface area contributed by atoms with Crippen LogP contribution in [0.15, 0.2) is 60.8 Å².